The molecule has 3 aromatic rings. The van der Waals surface area contributed by atoms with Crippen LogP contribution in [0.25, 0.3) is 16.8 Å². The fraction of sp³-hybridized carbons (Fsp3) is 0.321. The monoisotopic (exact) mass is 573 g/mol. The number of likely N-dealkylation sites (tertiary alicyclic amines) is 1. The Kier molecular flexibility index (Phi) is 6.91. The first kappa shape index (κ1) is 26.6. The van der Waals surface area contributed by atoms with Gasteiger partial charge in [0, 0.05) is 43.0 Å². The number of hydrogen-bond donors (Lipinski definition) is 2. The van der Waals surface area contributed by atoms with E-state index in [0.717, 1.165) is 32.0 Å². The Labute approximate surface area is 229 Å². The van der Waals surface area contributed by atoms with Gasteiger partial charge in [-0.2, -0.15) is 9.49 Å². The lowest BCUT2D eigenvalue weighted by molar-refractivity contribution is 0.172. The van der Waals surface area contributed by atoms with Gasteiger partial charge in [-0.15, -0.1) is 0 Å². The average Bonchev–Trinajstić information content (AvgIpc) is 3.69. The molecule has 1 saturated carbocycles. The van der Waals surface area contributed by atoms with Crippen molar-refractivity contribution in [3.63, 3.8) is 0 Å². The molecule has 0 spiro atoms. The highest BCUT2D eigenvalue weighted by molar-refractivity contribution is 7.92. The van der Waals surface area contributed by atoms with Gasteiger partial charge in [-0.3, -0.25) is 9.40 Å². The molecule has 0 bridgehead atoms. The molecule has 40 heavy (non-hydrogen) atoms. The maximum absolute atomic E-state index is 15.9. The molecule has 12 heteroatoms. The minimum Gasteiger partial charge on any atom is -0.358 e. The molecule has 1 aromatic heterocycles. The lowest BCUT2D eigenvalue weighted by atomic mass is 9.99. The van der Waals surface area contributed by atoms with Gasteiger partial charge in [-0.25, -0.2) is 21.6 Å². The van der Waals surface area contributed by atoms with E-state index in [0.29, 0.717) is 29.3 Å². The summed E-state index contributed by atoms with van der Waals surface area (Å²) in [7, 11) is -4.66. The van der Waals surface area contributed by atoms with Gasteiger partial charge in [-0.05, 0) is 67.7 Å². The summed E-state index contributed by atoms with van der Waals surface area (Å²) < 4.78 is 87.5. The van der Waals surface area contributed by atoms with Crippen LogP contribution in [-0.2, 0) is 10.0 Å². The van der Waals surface area contributed by atoms with Crippen LogP contribution in [0, 0.1) is 17.5 Å². The second kappa shape index (κ2) is 10.4. The number of hydrogen-bond acceptors (Lipinski definition) is 5. The van der Waals surface area contributed by atoms with Crippen molar-refractivity contribution in [2.24, 2.45) is 0 Å². The van der Waals surface area contributed by atoms with Crippen LogP contribution in [0.4, 0.5) is 23.2 Å². The smallest absolute Gasteiger partial charge is 0.265 e. The Morgan fingerprint density at radius 3 is 2.45 bits per heavy atom. The number of anilines is 1. The minimum absolute atomic E-state index is 0.0164. The third-order valence-electron chi connectivity index (χ3n) is 7.54. The third kappa shape index (κ3) is 5.25. The van der Waals surface area contributed by atoms with Crippen molar-refractivity contribution in [3.8, 4) is 11.3 Å². The number of sulfonamides is 1. The number of dihydropyridines is 1. The number of benzene rings is 2. The summed E-state index contributed by atoms with van der Waals surface area (Å²) in [6.45, 7) is 2.11. The van der Waals surface area contributed by atoms with Crippen molar-refractivity contribution in [1.82, 2.24) is 20.0 Å². The normalized spacial score (nSPS) is 18.7. The number of nitrogens with one attached hydrogen (secondary N) is 2. The van der Waals surface area contributed by atoms with Crippen molar-refractivity contribution in [3.05, 3.63) is 83.7 Å². The molecule has 210 valence electrons. The van der Waals surface area contributed by atoms with Crippen LogP contribution in [0.1, 0.15) is 37.3 Å². The second-order valence-electron chi connectivity index (χ2n) is 10.2. The zero-order valence-electron chi connectivity index (χ0n) is 21.4. The van der Waals surface area contributed by atoms with E-state index < -0.39 is 44.0 Å². The first-order chi connectivity index (χ1) is 19.2. The summed E-state index contributed by atoms with van der Waals surface area (Å²) in [5.41, 5.74) is 0.756. The predicted molar refractivity (Wildman–Crippen MR) is 143 cm³/mol. The van der Waals surface area contributed by atoms with E-state index in [2.05, 4.69) is 10.2 Å². The van der Waals surface area contributed by atoms with Crippen LogP contribution in [0.3, 0.4) is 0 Å². The molecule has 0 unspecified atom stereocenters. The summed E-state index contributed by atoms with van der Waals surface area (Å²) in [5.74, 6) is -3.61. The lowest BCUT2D eigenvalue weighted by Gasteiger charge is -2.32. The van der Waals surface area contributed by atoms with Gasteiger partial charge in [0.05, 0.1) is 11.7 Å². The molecule has 0 atom stereocenters. The molecule has 6 rings (SSSR count). The Morgan fingerprint density at radius 2 is 1.73 bits per heavy atom. The largest absolute Gasteiger partial charge is 0.358 e. The first-order valence-electron chi connectivity index (χ1n) is 13.1. The predicted octanol–water partition coefficient (Wildman–Crippen LogP) is 5.37. The van der Waals surface area contributed by atoms with Gasteiger partial charge in [-0.1, -0.05) is 12.1 Å². The van der Waals surface area contributed by atoms with Crippen molar-refractivity contribution >= 4 is 21.3 Å². The SMILES string of the molecule is O=S(=O)(Nc1cccc(-c2nn(C3CCN(C4CC4)CC3)cc2C2=CCNC(F)=C2)c1F)c1cc(F)ccc1F. The standard InChI is InChI=1S/C28H27F4N5O2S/c29-18-4-7-23(30)25(15-18)40(38,39)35-24-3-1-2-21(27(24)32)28-22(17-8-11-33-26(31)14-17)16-37(34-28)20-9-12-36(13-10-20)19-5-6-19/h1-4,7-8,14-16,19-20,33,35H,5-6,9-13H2. The van der Waals surface area contributed by atoms with Crippen LogP contribution < -0.4 is 10.0 Å². The summed E-state index contributed by atoms with van der Waals surface area (Å²) in [4.78, 5) is 1.53. The highest BCUT2D eigenvalue weighted by Crippen LogP contribution is 2.37. The maximum Gasteiger partial charge on any atom is 0.265 e. The van der Waals surface area contributed by atoms with Crippen LogP contribution in [-0.4, -0.2) is 48.8 Å². The number of rotatable bonds is 7. The third-order valence-corrected chi connectivity index (χ3v) is 8.92. The van der Waals surface area contributed by atoms with Gasteiger partial charge in [0.15, 0.2) is 11.8 Å². The molecule has 0 amide bonds. The van der Waals surface area contributed by atoms with Gasteiger partial charge >= 0.3 is 0 Å². The molecular formula is C28H27F4N5O2S. The highest BCUT2D eigenvalue weighted by Gasteiger charge is 2.33. The van der Waals surface area contributed by atoms with Crippen LogP contribution in [0.5, 0.6) is 0 Å². The van der Waals surface area contributed by atoms with Crippen LogP contribution in [0.2, 0.25) is 0 Å². The van der Waals surface area contributed by atoms with Crippen molar-refractivity contribution in [1.29, 1.82) is 0 Å². The molecule has 2 fully saturated rings. The van der Waals surface area contributed by atoms with Gasteiger partial charge in [0.25, 0.3) is 10.0 Å². The molecule has 3 heterocycles. The molecule has 1 aliphatic carbocycles. The van der Waals surface area contributed by atoms with E-state index in [1.165, 1.54) is 37.1 Å². The summed E-state index contributed by atoms with van der Waals surface area (Å²) in [6.07, 6.45) is 9.04. The average molecular weight is 574 g/mol. The van der Waals surface area contributed by atoms with E-state index in [1.807, 2.05) is 4.72 Å². The molecule has 2 N–H and O–H groups in total. The zero-order chi connectivity index (χ0) is 28.0. The maximum atomic E-state index is 15.9. The Hall–Kier alpha value is -3.64. The van der Waals surface area contributed by atoms with Crippen molar-refractivity contribution in [2.45, 2.75) is 42.7 Å². The van der Waals surface area contributed by atoms with Gasteiger partial charge < -0.3 is 10.2 Å². The zero-order valence-corrected chi connectivity index (χ0v) is 22.2. The molecule has 2 aromatic carbocycles. The number of nitrogens with zero attached hydrogens (tertiary/aromatic N) is 3. The molecule has 0 radical (unpaired) electrons. The van der Waals surface area contributed by atoms with Crippen molar-refractivity contribution in [2.75, 3.05) is 24.4 Å². The van der Waals surface area contributed by atoms with Gasteiger partial charge in [0.1, 0.15) is 22.2 Å². The molecule has 3 aliphatic rings. The molecule has 1 saturated heterocycles. The Morgan fingerprint density at radius 1 is 0.950 bits per heavy atom. The van der Waals surface area contributed by atoms with Crippen LogP contribution in [0.15, 0.2) is 65.6 Å². The van der Waals surface area contributed by atoms with Gasteiger partial charge in [0.2, 0.25) is 0 Å². The number of aromatic nitrogens is 2. The summed E-state index contributed by atoms with van der Waals surface area (Å²) in [6, 6.07) is 6.80. The van der Waals surface area contributed by atoms with E-state index in [1.54, 1.807) is 17.0 Å². The van der Waals surface area contributed by atoms with E-state index in [9.17, 15) is 21.6 Å². The first-order valence-corrected chi connectivity index (χ1v) is 14.6. The lowest BCUT2D eigenvalue weighted by Crippen LogP contribution is -2.36. The molecular weight excluding hydrogens is 546 g/mol. The highest BCUT2D eigenvalue weighted by atomic mass is 32.2. The van der Waals surface area contributed by atoms with E-state index >= 15 is 4.39 Å². The Balaban J connectivity index is 1.37. The fourth-order valence-corrected chi connectivity index (χ4v) is 6.46. The molecule has 7 nitrogen and oxygen atoms in total. The fourth-order valence-electron chi connectivity index (χ4n) is 5.31. The summed E-state index contributed by atoms with van der Waals surface area (Å²) >= 11 is 0. The minimum atomic E-state index is -4.66. The number of allylic oxidation sites excluding steroid dienone is 2. The number of halogens is 4. The van der Waals surface area contributed by atoms with E-state index in [-0.39, 0.29) is 23.8 Å². The number of piperidine rings is 1. The quantitative estimate of drug-likeness (QED) is 0.294. The Bertz CT molecular complexity index is 1620. The van der Waals surface area contributed by atoms with Crippen LogP contribution >= 0.6 is 0 Å². The summed E-state index contributed by atoms with van der Waals surface area (Å²) in [5, 5.41) is 7.31. The second-order valence-corrected chi connectivity index (χ2v) is 11.9. The van der Waals surface area contributed by atoms with E-state index in [4.69, 9.17) is 5.10 Å². The topological polar surface area (TPSA) is 79.3 Å². The molecule has 2 aliphatic heterocycles. The van der Waals surface area contributed by atoms with Crippen molar-refractivity contribution < 1.29 is 26.0 Å².